The summed E-state index contributed by atoms with van der Waals surface area (Å²) in [5.41, 5.74) is 0. The molecule has 0 radical (unpaired) electrons. The molecule has 5 nitrogen and oxygen atoms in total. The second-order valence-electron chi connectivity index (χ2n) is 4.92. The van der Waals surface area contributed by atoms with Gasteiger partial charge in [0.25, 0.3) is 0 Å². The lowest BCUT2D eigenvalue weighted by Crippen LogP contribution is -2.46. The van der Waals surface area contributed by atoms with Crippen molar-refractivity contribution < 1.29 is 9.53 Å². The van der Waals surface area contributed by atoms with Crippen molar-refractivity contribution in [2.45, 2.75) is 19.4 Å². The van der Waals surface area contributed by atoms with Crippen molar-refractivity contribution in [3.63, 3.8) is 0 Å². The summed E-state index contributed by atoms with van der Waals surface area (Å²) in [6.07, 6.45) is 1.63. The number of hydrogen-bond acceptors (Lipinski definition) is 4. The number of nitrogens with one attached hydrogen (secondary N) is 1. The second kappa shape index (κ2) is 7.79. The van der Waals surface area contributed by atoms with Gasteiger partial charge in [0.15, 0.2) is 5.96 Å². The van der Waals surface area contributed by atoms with Gasteiger partial charge in [-0.05, 0) is 34.8 Å². The average Bonchev–Trinajstić information content (AvgIpc) is 2.93. The molecule has 0 aromatic carbocycles. The van der Waals surface area contributed by atoms with Crippen LogP contribution in [0.3, 0.4) is 0 Å². The Hall–Kier alpha value is -1.08. The van der Waals surface area contributed by atoms with Crippen LogP contribution in [-0.4, -0.2) is 44.1 Å². The number of nitrogens with zero attached hydrogens (tertiary/aromatic N) is 2. The maximum absolute atomic E-state index is 11.5. The van der Waals surface area contributed by atoms with Crippen molar-refractivity contribution in [2.24, 2.45) is 10.9 Å². The molecule has 0 amide bonds. The van der Waals surface area contributed by atoms with Crippen LogP contribution >= 0.6 is 27.3 Å². The molecule has 1 N–H and O–H groups in total. The van der Waals surface area contributed by atoms with E-state index in [1.807, 2.05) is 0 Å². The van der Waals surface area contributed by atoms with Gasteiger partial charge < -0.3 is 15.0 Å². The van der Waals surface area contributed by atoms with Gasteiger partial charge in [-0.2, -0.15) is 0 Å². The molecule has 0 unspecified atom stereocenters. The van der Waals surface area contributed by atoms with Crippen LogP contribution in [-0.2, 0) is 16.1 Å². The molecule has 1 aromatic heterocycles. The predicted octanol–water partition coefficient (Wildman–Crippen LogP) is 2.47. The van der Waals surface area contributed by atoms with E-state index in [2.05, 4.69) is 42.6 Å². The van der Waals surface area contributed by atoms with Crippen LogP contribution in [0.5, 0.6) is 0 Å². The minimum Gasteiger partial charge on any atom is -0.469 e. The monoisotopic (exact) mass is 373 g/mol. The van der Waals surface area contributed by atoms with Gasteiger partial charge in [-0.15, -0.1) is 11.3 Å². The smallest absolute Gasteiger partial charge is 0.308 e. The molecule has 2 rings (SSSR count). The highest BCUT2D eigenvalue weighted by molar-refractivity contribution is 9.10. The Morgan fingerprint density at radius 3 is 2.81 bits per heavy atom. The molecule has 1 fully saturated rings. The lowest BCUT2D eigenvalue weighted by Gasteiger charge is -2.33. The average molecular weight is 374 g/mol. The number of carbonyl (C=O) groups is 1. The molecule has 0 bridgehead atoms. The SMILES string of the molecule is CN=C(NCc1cc(Br)cs1)N1CCC(C(=O)OC)CC1. The molecule has 1 saturated heterocycles. The van der Waals surface area contributed by atoms with E-state index in [9.17, 15) is 4.79 Å². The number of likely N-dealkylation sites (tertiary alicyclic amines) is 1. The number of halogens is 1. The first kappa shape index (κ1) is 16.3. The summed E-state index contributed by atoms with van der Waals surface area (Å²) in [6.45, 7) is 2.42. The summed E-state index contributed by atoms with van der Waals surface area (Å²) in [4.78, 5) is 19.3. The third-order valence-corrected chi connectivity index (χ3v) is 5.28. The molecule has 116 valence electrons. The second-order valence-corrected chi connectivity index (χ2v) is 6.83. The first-order valence-corrected chi connectivity index (χ1v) is 8.57. The number of hydrogen-bond donors (Lipinski definition) is 1. The summed E-state index contributed by atoms with van der Waals surface area (Å²) < 4.78 is 5.92. The van der Waals surface area contributed by atoms with Crippen molar-refractivity contribution in [1.82, 2.24) is 10.2 Å². The zero-order valence-electron chi connectivity index (χ0n) is 12.3. The minimum atomic E-state index is -0.0963. The molecule has 0 aliphatic carbocycles. The minimum absolute atomic E-state index is 0.0256. The van der Waals surface area contributed by atoms with Gasteiger partial charge in [0.1, 0.15) is 0 Å². The molecule has 0 atom stereocenters. The number of methoxy groups -OCH3 is 1. The molecule has 2 heterocycles. The third kappa shape index (κ3) is 4.44. The lowest BCUT2D eigenvalue weighted by molar-refractivity contribution is -0.146. The van der Waals surface area contributed by atoms with Gasteiger partial charge in [-0.1, -0.05) is 0 Å². The van der Waals surface area contributed by atoms with Gasteiger partial charge in [0, 0.05) is 34.9 Å². The number of guanidine groups is 1. The third-order valence-electron chi connectivity index (χ3n) is 3.58. The van der Waals surface area contributed by atoms with Crippen molar-refractivity contribution in [3.05, 3.63) is 20.8 Å². The van der Waals surface area contributed by atoms with Gasteiger partial charge in [0.2, 0.25) is 0 Å². The highest BCUT2D eigenvalue weighted by Crippen LogP contribution is 2.20. The molecule has 0 saturated carbocycles. The van der Waals surface area contributed by atoms with Crippen LogP contribution in [0.1, 0.15) is 17.7 Å². The fourth-order valence-corrected chi connectivity index (χ4v) is 3.83. The van der Waals surface area contributed by atoms with E-state index in [1.165, 1.54) is 12.0 Å². The van der Waals surface area contributed by atoms with Crippen molar-refractivity contribution in [1.29, 1.82) is 0 Å². The van der Waals surface area contributed by atoms with Crippen molar-refractivity contribution in [2.75, 3.05) is 27.2 Å². The Kier molecular flexibility index (Phi) is 6.05. The number of esters is 1. The molecule has 1 aliphatic rings. The van der Waals surface area contributed by atoms with Crippen LogP contribution < -0.4 is 5.32 Å². The fraction of sp³-hybridized carbons (Fsp3) is 0.571. The summed E-state index contributed by atoms with van der Waals surface area (Å²) in [6, 6.07) is 2.11. The van der Waals surface area contributed by atoms with Gasteiger partial charge in [-0.25, -0.2) is 0 Å². The van der Waals surface area contributed by atoms with E-state index in [-0.39, 0.29) is 11.9 Å². The Morgan fingerprint density at radius 1 is 1.57 bits per heavy atom. The fourth-order valence-electron chi connectivity index (χ4n) is 2.44. The summed E-state index contributed by atoms with van der Waals surface area (Å²) in [5.74, 6) is 0.821. The van der Waals surface area contributed by atoms with Crippen LogP contribution in [0.25, 0.3) is 0 Å². The summed E-state index contributed by atoms with van der Waals surface area (Å²) in [7, 11) is 3.24. The Morgan fingerprint density at radius 2 is 2.29 bits per heavy atom. The number of rotatable bonds is 3. The molecule has 21 heavy (non-hydrogen) atoms. The van der Waals surface area contributed by atoms with Gasteiger partial charge >= 0.3 is 5.97 Å². The molecule has 1 aromatic rings. The molecule has 7 heteroatoms. The summed E-state index contributed by atoms with van der Waals surface area (Å²) >= 11 is 5.17. The first-order valence-electron chi connectivity index (χ1n) is 6.90. The lowest BCUT2D eigenvalue weighted by atomic mass is 9.97. The van der Waals surface area contributed by atoms with Gasteiger partial charge in [-0.3, -0.25) is 9.79 Å². The standard InChI is InChI=1S/C14H20BrN3O2S/c1-16-14(17-8-12-7-11(15)9-21-12)18-5-3-10(4-6-18)13(19)20-2/h7,9-10H,3-6,8H2,1-2H3,(H,16,17). The first-order chi connectivity index (χ1) is 10.1. The maximum Gasteiger partial charge on any atom is 0.308 e. The zero-order chi connectivity index (χ0) is 15.2. The number of thiophene rings is 1. The van der Waals surface area contributed by atoms with Crippen molar-refractivity contribution in [3.8, 4) is 0 Å². The van der Waals surface area contributed by atoms with E-state index in [4.69, 9.17) is 4.74 Å². The van der Waals surface area contributed by atoms with E-state index >= 15 is 0 Å². The van der Waals surface area contributed by atoms with Crippen LogP contribution in [0.2, 0.25) is 0 Å². The number of ether oxygens (including phenoxy) is 1. The van der Waals surface area contributed by atoms with E-state index in [0.717, 1.165) is 42.9 Å². The highest BCUT2D eigenvalue weighted by Gasteiger charge is 2.26. The molecule has 0 spiro atoms. The Labute approximate surface area is 137 Å². The number of piperidine rings is 1. The zero-order valence-corrected chi connectivity index (χ0v) is 14.7. The summed E-state index contributed by atoms with van der Waals surface area (Å²) in [5, 5.41) is 5.45. The molecular weight excluding hydrogens is 354 g/mol. The molecule has 1 aliphatic heterocycles. The maximum atomic E-state index is 11.5. The Balaban J connectivity index is 1.84. The predicted molar refractivity (Wildman–Crippen MR) is 88.5 cm³/mol. The van der Waals surface area contributed by atoms with Crippen LogP contribution in [0.4, 0.5) is 0 Å². The number of aliphatic imine (C=N–C) groups is 1. The van der Waals surface area contributed by atoms with E-state index < -0.39 is 0 Å². The van der Waals surface area contributed by atoms with E-state index in [0.29, 0.717) is 0 Å². The normalized spacial score (nSPS) is 16.9. The molecular formula is C14H20BrN3O2S. The van der Waals surface area contributed by atoms with Crippen LogP contribution in [0, 0.1) is 5.92 Å². The van der Waals surface area contributed by atoms with Crippen molar-refractivity contribution >= 4 is 39.2 Å². The quantitative estimate of drug-likeness (QED) is 0.502. The van der Waals surface area contributed by atoms with Gasteiger partial charge in [0.05, 0.1) is 19.6 Å². The Bertz CT molecular complexity index is 510. The highest BCUT2D eigenvalue weighted by atomic mass is 79.9. The topological polar surface area (TPSA) is 53.9 Å². The largest absolute Gasteiger partial charge is 0.469 e. The van der Waals surface area contributed by atoms with E-state index in [1.54, 1.807) is 18.4 Å². The van der Waals surface area contributed by atoms with Crippen LogP contribution in [0.15, 0.2) is 20.9 Å². The number of carbonyl (C=O) groups excluding carboxylic acids is 1.